The number of fused-ring (bicyclic) bond motifs is 1. The molecule has 0 spiro atoms. The Morgan fingerprint density at radius 1 is 1.03 bits per heavy atom. The lowest BCUT2D eigenvalue weighted by atomic mass is 10.0. The van der Waals surface area contributed by atoms with E-state index >= 15 is 0 Å². The van der Waals surface area contributed by atoms with E-state index in [1.807, 2.05) is 35.2 Å². The van der Waals surface area contributed by atoms with Gasteiger partial charge in [-0.25, -0.2) is 14.4 Å². The molecule has 1 aromatic heterocycles. The Hall–Kier alpha value is -3.32. The zero-order valence-corrected chi connectivity index (χ0v) is 19.5. The van der Waals surface area contributed by atoms with Crippen LogP contribution in [0.15, 0.2) is 48.5 Å². The summed E-state index contributed by atoms with van der Waals surface area (Å²) < 4.78 is 19.3. The smallest absolute Gasteiger partial charge is 0.254 e. The van der Waals surface area contributed by atoms with E-state index in [1.54, 1.807) is 6.07 Å². The lowest BCUT2D eigenvalue weighted by molar-refractivity contribution is 0.0733. The van der Waals surface area contributed by atoms with Crippen molar-refractivity contribution in [2.75, 3.05) is 37.7 Å². The van der Waals surface area contributed by atoms with Gasteiger partial charge in [0.1, 0.15) is 17.5 Å². The summed E-state index contributed by atoms with van der Waals surface area (Å²) in [5.74, 6) is 1.33. The second kappa shape index (κ2) is 9.89. The molecule has 34 heavy (non-hydrogen) atoms. The highest BCUT2D eigenvalue weighted by atomic mass is 19.1. The number of ether oxygens (including phenoxy) is 1. The van der Waals surface area contributed by atoms with E-state index in [-0.39, 0.29) is 11.7 Å². The first-order valence-electron chi connectivity index (χ1n) is 11.9. The Labute approximate surface area is 199 Å². The molecular formula is C27H29FN4O2. The molecule has 0 N–H and O–H groups in total. The van der Waals surface area contributed by atoms with Crippen LogP contribution in [-0.4, -0.2) is 53.6 Å². The van der Waals surface area contributed by atoms with Crippen molar-refractivity contribution in [2.45, 2.75) is 32.7 Å². The van der Waals surface area contributed by atoms with Crippen molar-refractivity contribution in [3.8, 4) is 0 Å². The van der Waals surface area contributed by atoms with Crippen molar-refractivity contribution in [3.05, 3.63) is 88.1 Å². The summed E-state index contributed by atoms with van der Waals surface area (Å²) in [5.41, 5.74) is 4.76. The second-order valence-corrected chi connectivity index (χ2v) is 8.82. The van der Waals surface area contributed by atoms with Crippen LogP contribution in [0, 0.1) is 5.82 Å². The number of amides is 1. The molecule has 2 aromatic carbocycles. The van der Waals surface area contributed by atoms with Crippen molar-refractivity contribution in [1.29, 1.82) is 0 Å². The van der Waals surface area contributed by atoms with Crippen LogP contribution < -0.4 is 4.90 Å². The molecule has 0 aliphatic carbocycles. The van der Waals surface area contributed by atoms with Gasteiger partial charge in [-0.3, -0.25) is 4.79 Å². The van der Waals surface area contributed by atoms with E-state index in [0.717, 1.165) is 42.1 Å². The number of halogens is 1. The summed E-state index contributed by atoms with van der Waals surface area (Å²) in [4.78, 5) is 27.1. The Morgan fingerprint density at radius 2 is 1.82 bits per heavy atom. The van der Waals surface area contributed by atoms with Crippen LogP contribution in [0.2, 0.25) is 0 Å². The molecule has 7 heteroatoms. The van der Waals surface area contributed by atoms with Crippen LogP contribution >= 0.6 is 0 Å². The highest BCUT2D eigenvalue weighted by Crippen LogP contribution is 2.29. The van der Waals surface area contributed by atoms with Crippen molar-refractivity contribution in [3.63, 3.8) is 0 Å². The minimum absolute atomic E-state index is 0.0325. The van der Waals surface area contributed by atoms with Gasteiger partial charge in [-0.05, 0) is 41.8 Å². The molecule has 0 saturated carbocycles. The predicted octanol–water partition coefficient (Wildman–Crippen LogP) is 3.80. The zero-order valence-electron chi connectivity index (χ0n) is 19.5. The van der Waals surface area contributed by atoms with Gasteiger partial charge in [-0.1, -0.05) is 31.2 Å². The van der Waals surface area contributed by atoms with Crippen LogP contribution in [-0.2, 0) is 30.5 Å². The molecule has 2 aliphatic heterocycles. The number of aromatic nitrogens is 2. The molecule has 6 nitrogen and oxygen atoms in total. The highest BCUT2D eigenvalue weighted by Gasteiger charge is 2.29. The van der Waals surface area contributed by atoms with Crippen molar-refractivity contribution < 1.29 is 13.9 Å². The quantitative estimate of drug-likeness (QED) is 0.580. The second-order valence-electron chi connectivity index (χ2n) is 8.82. The number of rotatable bonds is 5. The summed E-state index contributed by atoms with van der Waals surface area (Å²) in [5, 5.41) is 0. The normalized spacial score (nSPS) is 15.8. The van der Waals surface area contributed by atoms with E-state index in [2.05, 4.69) is 11.8 Å². The van der Waals surface area contributed by atoms with Crippen LogP contribution in [0.1, 0.15) is 45.5 Å². The maximum Gasteiger partial charge on any atom is 0.254 e. The SMILES string of the molecule is CCc1ccc(C(=O)N2CCc3nc(Cc4cccc(F)c4)nc(N4CCOCC4)c3C2)cc1. The maximum absolute atomic E-state index is 13.7. The lowest BCUT2D eigenvalue weighted by Gasteiger charge is -2.34. The Morgan fingerprint density at radius 3 is 2.56 bits per heavy atom. The number of nitrogens with zero attached hydrogens (tertiary/aromatic N) is 4. The molecule has 0 bridgehead atoms. The van der Waals surface area contributed by atoms with Gasteiger partial charge >= 0.3 is 0 Å². The fraction of sp³-hybridized carbons (Fsp3) is 0.370. The number of carbonyl (C=O) groups excluding carboxylic acids is 1. The van der Waals surface area contributed by atoms with E-state index in [9.17, 15) is 9.18 Å². The van der Waals surface area contributed by atoms with Crippen molar-refractivity contribution >= 4 is 11.7 Å². The number of carbonyl (C=O) groups is 1. The third-order valence-electron chi connectivity index (χ3n) is 6.54. The first kappa shape index (κ1) is 22.5. The molecule has 1 fully saturated rings. The topological polar surface area (TPSA) is 58.6 Å². The zero-order chi connectivity index (χ0) is 23.5. The van der Waals surface area contributed by atoms with Gasteiger partial charge in [0.25, 0.3) is 5.91 Å². The number of hydrogen-bond donors (Lipinski definition) is 0. The first-order valence-corrected chi connectivity index (χ1v) is 11.9. The maximum atomic E-state index is 13.7. The molecule has 0 atom stereocenters. The number of anilines is 1. The van der Waals surface area contributed by atoms with E-state index in [1.165, 1.54) is 17.7 Å². The first-order chi connectivity index (χ1) is 16.6. The van der Waals surface area contributed by atoms with Crippen LogP contribution in [0.4, 0.5) is 10.2 Å². The summed E-state index contributed by atoms with van der Waals surface area (Å²) in [7, 11) is 0. The van der Waals surface area contributed by atoms with Gasteiger partial charge < -0.3 is 14.5 Å². The van der Waals surface area contributed by atoms with Gasteiger partial charge in [-0.15, -0.1) is 0 Å². The number of aryl methyl sites for hydroxylation is 1. The summed E-state index contributed by atoms with van der Waals surface area (Å²) >= 11 is 0. The Kier molecular flexibility index (Phi) is 6.54. The van der Waals surface area contributed by atoms with Crippen LogP contribution in [0.25, 0.3) is 0 Å². The largest absolute Gasteiger partial charge is 0.378 e. The molecule has 3 heterocycles. The van der Waals surface area contributed by atoms with Gasteiger partial charge in [0.15, 0.2) is 0 Å². The Bertz CT molecular complexity index is 1180. The van der Waals surface area contributed by atoms with E-state index < -0.39 is 0 Å². The average molecular weight is 461 g/mol. The third kappa shape index (κ3) is 4.80. The van der Waals surface area contributed by atoms with Gasteiger partial charge in [0.05, 0.1) is 25.5 Å². The van der Waals surface area contributed by atoms with Gasteiger partial charge in [-0.2, -0.15) is 0 Å². The monoisotopic (exact) mass is 460 g/mol. The van der Waals surface area contributed by atoms with E-state index in [4.69, 9.17) is 14.7 Å². The number of morpholine rings is 1. The molecular weight excluding hydrogens is 431 g/mol. The predicted molar refractivity (Wildman–Crippen MR) is 129 cm³/mol. The Balaban J connectivity index is 1.45. The number of hydrogen-bond acceptors (Lipinski definition) is 5. The van der Waals surface area contributed by atoms with Crippen LogP contribution in [0.5, 0.6) is 0 Å². The molecule has 5 rings (SSSR count). The summed E-state index contributed by atoms with van der Waals surface area (Å²) in [6, 6.07) is 14.4. The lowest BCUT2D eigenvalue weighted by Crippen LogP contribution is -2.41. The fourth-order valence-corrected chi connectivity index (χ4v) is 4.63. The molecule has 0 unspecified atom stereocenters. The minimum Gasteiger partial charge on any atom is -0.378 e. The van der Waals surface area contributed by atoms with E-state index in [0.29, 0.717) is 50.5 Å². The third-order valence-corrected chi connectivity index (χ3v) is 6.54. The molecule has 3 aromatic rings. The molecule has 1 amide bonds. The standard InChI is InChI=1S/C27H29FN4O2/c1-2-19-6-8-21(9-7-19)27(33)32-11-10-24-23(18-32)26(31-12-14-34-15-13-31)30-25(29-24)17-20-4-3-5-22(28)16-20/h3-9,16H,2,10-15,17-18H2,1H3. The van der Waals surface area contributed by atoms with Crippen molar-refractivity contribution in [2.24, 2.45) is 0 Å². The van der Waals surface area contributed by atoms with Crippen LogP contribution in [0.3, 0.4) is 0 Å². The average Bonchev–Trinajstić information content (AvgIpc) is 2.88. The minimum atomic E-state index is -0.259. The molecule has 1 saturated heterocycles. The van der Waals surface area contributed by atoms with Gasteiger partial charge in [0.2, 0.25) is 0 Å². The van der Waals surface area contributed by atoms with Gasteiger partial charge in [0, 0.05) is 43.6 Å². The molecule has 0 radical (unpaired) electrons. The fourth-order valence-electron chi connectivity index (χ4n) is 4.63. The van der Waals surface area contributed by atoms with Crippen molar-refractivity contribution in [1.82, 2.24) is 14.9 Å². The summed E-state index contributed by atoms with van der Waals surface area (Å²) in [6.07, 6.45) is 2.09. The highest BCUT2D eigenvalue weighted by molar-refractivity contribution is 5.94. The number of benzene rings is 2. The molecule has 176 valence electrons. The molecule has 2 aliphatic rings. The summed E-state index contributed by atoms with van der Waals surface area (Å²) in [6.45, 7) is 5.98.